The Kier molecular flexibility index (Phi) is 3.43. The van der Waals surface area contributed by atoms with E-state index in [1.165, 1.54) is 18.2 Å². The summed E-state index contributed by atoms with van der Waals surface area (Å²) in [5.74, 6) is -1.29. The van der Waals surface area contributed by atoms with Crippen molar-refractivity contribution in [2.45, 2.75) is 44.9 Å². The number of anilines is 2. The highest BCUT2D eigenvalue weighted by Gasteiger charge is 2.45. The van der Waals surface area contributed by atoms with E-state index in [0.29, 0.717) is 12.8 Å². The molecule has 1 aromatic rings. The lowest BCUT2D eigenvalue weighted by molar-refractivity contribution is -0.134. The van der Waals surface area contributed by atoms with Gasteiger partial charge in [-0.05, 0) is 30.4 Å². The summed E-state index contributed by atoms with van der Waals surface area (Å²) in [5.41, 5.74) is 5.59. The summed E-state index contributed by atoms with van der Waals surface area (Å²) in [4.78, 5) is 25.9. The molecule has 2 aliphatic rings. The van der Waals surface area contributed by atoms with Crippen molar-refractivity contribution in [2.75, 3.05) is 10.6 Å². The lowest BCUT2D eigenvalue weighted by Gasteiger charge is -2.42. The molecule has 1 saturated carbocycles. The van der Waals surface area contributed by atoms with Crippen molar-refractivity contribution in [2.24, 2.45) is 5.41 Å². The molecule has 1 aliphatic carbocycles. The average molecular weight is 290 g/mol. The number of amides is 2. The highest BCUT2D eigenvalue weighted by atomic mass is 19.1. The number of rotatable bonds is 1. The molecule has 112 valence electrons. The third-order valence-electron chi connectivity index (χ3n) is 4.71. The van der Waals surface area contributed by atoms with Crippen LogP contribution < -0.4 is 10.6 Å². The van der Waals surface area contributed by atoms with Gasteiger partial charge in [0, 0.05) is 12.8 Å². The minimum Gasteiger partial charge on any atom is -0.397 e. The number of hydrogen-bond acceptors (Lipinski definition) is 3. The first kappa shape index (κ1) is 14.0. The topological polar surface area (TPSA) is 63.4 Å². The number of nitrogens with zero attached hydrogens (tertiary/aromatic N) is 1. The van der Waals surface area contributed by atoms with Crippen LogP contribution in [-0.4, -0.2) is 11.8 Å². The molecule has 0 atom stereocenters. The van der Waals surface area contributed by atoms with Gasteiger partial charge in [-0.25, -0.2) is 9.29 Å². The van der Waals surface area contributed by atoms with Gasteiger partial charge in [-0.15, -0.1) is 0 Å². The number of nitrogen functional groups attached to an aromatic ring is 1. The van der Waals surface area contributed by atoms with Gasteiger partial charge in [0.05, 0.1) is 5.69 Å². The van der Waals surface area contributed by atoms with Gasteiger partial charge in [0.2, 0.25) is 11.8 Å². The first-order valence-electron chi connectivity index (χ1n) is 7.42. The largest absolute Gasteiger partial charge is 0.397 e. The van der Waals surface area contributed by atoms with Gasteiger partial charge in [-0.2, -0.15) is 0 Å². The predicted octanol–water partition coefficient (Wildman–Crippen LogP) is 3.01. The Balaban J connectivity index is 1.92. The molecule has 1 aromatic carbocycles. The van der Waals surface area contributed by atoms with E-state index in [-0.39, 0.29) is 28.6 Å². The van der Waals surface area contributed by atoms with Crippen LogP contribution in [0.4, 0.5) is 15.8 Å². The Labute approximate surface area is 123 Å². The van der Waals surface area contributed by atoms with Gasteiger partial charge >= 0.3 is 0 Å². The molecule has 4 nitrogen and oxygen atoms in total. The predicted molar refractivity (Wildman–Crippen MR) is 78.1 cm³/mol. The molecule has 5 heteroatoms. The third kappa shape index (κ3) is 2.41. The van der Waals surface area contributed by atoms with E-state index in [9.17, 15) is 14.0 Å². The summed E-state index contributed by atoms with van der Waals surface area (Å²) in [5, 5.41) is 0. The monoisotopic (exact) mass is 290 g/mol. The van der Waals surface area contributed by atoms with Gasteiger partial charge in [0.15, 0.2) is 0 Å². The number of piperidine rings is 1. The number of para-hydroxylation sites is 1. The number of carbonyl (C=O) groups is 2. The van der Waals surface area contributed by atoms with Crippen LogP contribution in [0.15, 0.2) is 18.2 Å². The van der Waals surface area contributed by atoms with Crippen LogP contribution >= 0.6 is 0 Å². The minimum atomic E-state index is -0.628. The number of hydrogen-bond donors (Lipinski definition) is 1. The van der Waals surface area contributed by atoms with E-state index in [1.54, 1.807) is 0 Å². The standard InChI is InChI=1S/C16H19FN2O2/c17-11-5-4-6-12(18)15(11)19-13(20)9-16(10-14(19)21)7-2-1-3-8-16/h4-6H,1-3,7-10,18H2. The highest BCUT2D eigenvalue weighted by Crippen LogP contribution is 2.46. The summed E-state index contributed by atoms with van der Waals surface area (Å²) in [6.45, 7) is 0. The average Bonchev–Trinajstić information content (AvgIpc) is 2.42. The summed E-state index contributed by atoms with van der Waals surface area (Å²) in [6.07, 6.45) is 5.72. The van der Waals surface area contributed by atoms with Crippen LogP contribution in [0.2, 0.25) is 0 Å². The van der Waals surface area contributed by atoms with Crippen LogP contribution in [0.3, 0.4) is 0 Å². The first-order chi connectivity index (χ1) is 10.0. The second-order valence-corrected chi connectivity index (χ2v) is 6.21. The number of imide groups is 1. The van der Waals surface area contributed by atoms with Crippen molar-refractivity contribution in [3.05, 3.63) is 24.0 Å². The quantitative estimate of drug-likeness (QED) is 0.638. The van der Waals surface area contributed by atoms with E-state index < -0.39 is 5.82 Å². The molecular weight excluding hydrogens is 271 g/mol. The van der Waals surface area contributed by atoms with Crippen molar-refractivity contribution >= 4 is 23.2 Å². The van der Waals surface area contributed by atoms with Crippen LogP contribution in [0.5, 0.6) is 0 Å². The van der Waals surface area contributed by atoms with E-state index in [0.717, 1.165) is 37.0 Å². The van der Waals surface area contributed by atoms with Crippen LogP contribution in [0.25, 0.3) is 0 Å². The van der Waals surface area contributed by atoms with Gasteiger partial charge in [0.25, 0.3) is 0 Å². The van der Waals surface area contributed by atoms with Crippen LogP contribution in [0, 0.1) is 11.2 Å². The molecule has 0 radical (unpaired) electrons. The van der Waals surface area contributed by atoms with Gasteiger partial charge in [-0.3, -0.25) is 9.59 Å². The van der Waals surface area contributed by atoms with Crippen molar-refractivity contribution < 1.29 is 14.0 Å². The molecule has 21 heavy (non-hydrogen) atoms. The summed E-state index contributed by atoms with van der Waals surface area (Å²) in [6, 6.07) is 4.19. The fourth-order valence-electron chi connectivity index (χ4n) is 3.67. The number of nitrogens with two attached hydrogens (primary N) is 1. The second kappa shape index (κ2) is 5.13. The number of carbonyl (C=O) groups excluding carboxylic acids is 2. The molecule has 0 aromatic heterocycles. The molecule has 2 fully saturated rings. The van der Waals surface area contributed by atoms with Crippen molar-refractivity contribution in [3.63, 3.8) is 0 Å². The van der Waals surface area contributed by atoms with E-state index >= 15 is 0 Å². The van der Waals surface area contributed by atoms with E-state index in [1.807, 2.05) is 0 Å². The number of halogens is 1. The van der Waals surface area contributed by atoms with Gasteiger partial charge in [0.1, 0.15) is 11.5 Å². The summed E-state index contributed by atoms with van der Waals surface area (Å²) < 4.78 is 14.0. The lowest BCUT2D eigenvalue weighted by atomic mass is 9.67. The van der Waals surface area contributed by atoms with Crippen molar-refractivity contribution in [1.82, 2.24) is 0 Å². The maximum Gasteiger partial charge on any atom is 0.234 e. The Morgan fingerprint density at radius 2 is 1.67 bits per heavy atom. The molecular formula is C16H19FN2O2. The van der Waals surface area contributed by atoms with E-state index in [4.69, 9.17) is 5.73 Å². The lowest BCUT2D eigenvalue weighted by Crippen LogP contribution is -2.49. The zero-order chi connectivity index (χ0) is 15.0. The molecule has 1 heterocycles. The first-order valence-corrected chi connectivity index (χ1v) is 7.42. The summed E-state index contributed by atoms with van der Waals surface area (Å²) >= 11 is 0. The van der Waals surface area contributed by atoms with Crippen molar-refractivity contribution in [1.29, 1.82) is 0 Å². The van der Waals surface area contributed by atoms with Crippen LogP contribution in [0.1, 0.15) is 44.9 Å². The zero-order valence-corrected chi connectivity index (χ0v) is 11.9. The van der Waals surface area contributed by atoms with Gasteiger partial charge < -0.3 is 5.73 Å². The number of benzene rings is 1. The maximum absolute atomic E-state index is 14.0. The second-order valence-electron chi connectivity index (χ2n) is 6.21. The third-order valence-corrected chi connectivity index (χ3v) is 4.71. The molecule has 2 amide bonds. The zero-order valence-electron chi connectivity index (χ0n) is 11.9. The smallest absolute Gasteiger partial charge is 0.234 e. The molecule has 3 rings (SSSR count). The normalized spacial score (nSPS) is 21.9. The fourth-order valence-corrected chi connectivity index (χ4v) is 3.67. The Morgan fingerprint density at radius 1 is 1.05 bits per heavy atom. The van der Waals surface area contributed by atoms with Crippen molar-refractivity contribution in [3.8, 4) is 0 Å². The minimum absolute atomic E-state index is 0.0850. The molecule has 2 N–H and O–H groups in total. The van der Waals surface area contributed by atoms with E-state index in [2.05, 4.69) is 0 Å². The van der Waals surface area contributed by atoms with Gasteiger partial charge in [-0.1, -0.05) is 25.3 Å². The Morgan fingerprint density at radius 3 is 2.24 bits per heavy atom. The molecule has 1 spiro atoms. The SMILES string of the molecule is Nc1cccc(F)c1N1C(=O)CC2(CCCCC2)CC1=O. The molecule has 0 unspecified atom stereocenters. The summed E-state index contributed by atoms with van der Waals surface area (Å²) in [7, 11) is 0. The molecule has 1 aliphatic heterocycles. The van der Waals surface area contributed by atoms with Crippen LogP contribution in [-0.2, 0) is 9.59 Å². The fraction of sp³-hybridized carbons (Fsp3) is 0.500. The molecule has 1 saturated heterocycles. The Hall–Kier alpha value is -1.91. The highest BCUT2D eigenvalue weighted by molar-refractivity contribution is 6.18. The Bertz CT molecular complexity index is 554. The maximum atomic E-state index is 14.0. The molecule has 0 bridgehead atoms.